The predicted molar refractivity (Wildman–Crippen MR) is 66.0 cm³/mol. The molecule has 94 valence electrons. The molecule has 0 spiro atoms. The number of rotatable bonds is 3. The van der Waals surface area contributed by atoms with Gasteiger partial charge in [0.05, 0.1) is 13.2 Å². The fraction of sp³-hybridized carbons (Fsp3) is 0.167. The van der Waals surface area contributed by atoms with Gasteiger partial charge in [-0.3, -0.25) is 4.98 Å². The molecule has 0 aliphatic heterocycles. The van der Waals surface area contributed by atoms with Gasteiger partial charge < -0.3 is 10.5 Å². The average molecular weight is 268 g/mol. The van der Waals surface area contributed by atoms with E-state index in [1.165, 1.54) is 31.6 Å². The lowest BCUT2D eigenvalue weighted by Gasteiger charge is -2.14. The highest BCUT2D eigenvalue weighted by Crippen LogP contribution is 2.27. The quantitative estimate of drug-likeness (QED) is 0.927. The van der Waals surface area contributed by atoms with Crippen molar-refractivity contribution in [1.29, 1.82) is 0 Å². The van der Waals surface area contributed by atoms with Crippen molar-refractivity contribution in [3.05, 3.63) is 52.7 Å². The third kappa shape index (κ3) is 2.42. The van der Waals surface area contributed by atoms with Crippen LogP contribution in [0.15, 0.2) is 30.6 Å². The van der Waals surface area contributed by atoms with Gasteiger partial charge in [-0.15, -0.1) is 0 Å². The highest BCUT2D eigenvalue weighted by atomic mass is 35.5. The summed E-state index contributed by atoms with van der Waals surface area (Å²) >= 11 is 5.69. The fourth-order valence-corrected chi connectivity index (χ4v) is 1.77. The number of hydrogen-bond donors (Lipinski definition) is 1. The van der Waals surface area contributed by atoms with E-state index < -0.39 is 11.9 Å². The Morgan fingerprint density at radius 2 is 2.06 bits per heavy atom. The van der Waals surface area contributed by atoms with E-state index in [0.29, 0.717) is 16.3 Å². The van der Waals surface area contributed by atoms with Crippen molar-refractivity contribution in [1.82, 2.24) is 9.97 Å². The van der Waals surface area contributed by atoms with Crippen LogP contribution < -0.4 is 10.5 Å². The summed E-state index contributed by atoms with van der Waals surface area (Å²) in [5.74, 6) is -0.206. The Morgan fingerprint density at radius 3 is 2.72 bits per heavy atom. The number of benzene rings is 1. The van der Waals surface area contributed by atoms with Crippen molar-refractivity contribution in [2.45, 2.75) is 6.04 Å². The van der Waals surface area contributed by atoms with Crippen LogP contribution in [-0.4, -0.2) is 17.1 Å². The molecule has 0 fully saturated rings. The number of ether oxygens (including phenoxy) is 1. The minimum atomic E-state index is -0.758. The molecule has 0 saturated heterocycles. The molecule has 0 bridgehead atoms. The Bertz CT molecular complexity index is 565. The van der Waals surface area contributed by atoms with Crippen LogP contribution >= 0.6 is 11.6 Å². The Balaban J connectivity index is 2.44. The van der Waals surface area contributed by atoms with E-state index in [2.05, 4.69) is 9.97 Å². The molecule has 2 N–H and O–H groups in total. The monoisotopic (exact) mass is 267 g/mol. The lowest BCUT2D eigenvalue weighted by Crippen LogP contribution is -2.16. The Kier molecular flexibility index (Phi) is 3.74. The van der Waals surface area contributed by atoms with Crippen LogP contribution in [0.5, 0.6) is 5.88 Å². The molecular formula is C12H11ClFN3O. The van der Waals surface area contributed by atoms with Gasteiger partial charge in [0.25, 0.3) is 0 Å². The van der Waals surface area contributed by atoms with Crippen molar-refractivity contribution in [2.75, 3.05) is 7.11 Å². The number of nitrogens with zero attached hydrogens (tertiary/aromatic N) is 2. The van der Waals surface area contributed by atoms with Gasteiger partial charge in [0.2, 0.25) is 5.88 Å². The van der Waals surface area contributed by atoms with Gasteiger partial charge in [0.15, 0.2) is 0 Å². The van der Waals surface area contributed by atoms with Crippen molar-refractivity contribution < 1.29 is 9.13 Å². The normalized spacial score (nSPS) is 12.2. The highest BCUT2D eigenvalue weighted by Gasteiger charge is 2.19. The maximum Gasteiger partial charge on any atom is 0.237 e. The van der Waals surface area contributed by atoms with Crippen LogP contribution in [0.25, 0.3) is 0 Å². The molecule has 1 heterocycles. The molecule has 1 aromatic heterocycles. The summed E-state index contributed by atoms with van der Waals surface area (Å²) < 4.78 is 18.8. The van der Waals surface area contributed by atoms with Crippen LogP contribution in [0.3, 0.4) is 0 Å². The van der Waals surface area contributed by atoms with Crippen LogP contribution in [0, 0.1) is 5.82 Å². The number of halogens is 2. The van der Waals surface area contributed by atoms with E-state index in [1.54, 1.807) is 6.07 Å². The molecule has 1 aromatic carbocycles. The van der Waals surface area contributed by atoms with Gasteiger partial charge in [-0.1, -0.05) is 17.7 Å². The summed E-state index contributed by atoms with van der Waals surface area (Å²) in [5.41, 5.74) is 6.64. The maximum absolute atomic E-state index is 13.8. The SMILES string of the molecule is COc1nccnc1C(N)c1ccc(Cl)cc1F. The smallest absolute Gasteiger partial charge is 0.237 e. The van der Waals surface area contributed by atoms with Crippen molar-refractivity contribution in [3.8, 4) is 5.88 Å². The number of methoxy groups -OCH3 is 1. The summed E-state index contributed by atoms with van der Waals surface area (Å²) in [5, 5.41) is 0.314. The minimum absolute atomic E-state index is 0.277. The molecule has 0 aliphatic carbocycles. The largest absolute Gasteiger partial charge is 0.480 e. The van der Waals surface area contributed by atoms with Gasteiger partial charge in [-0.25, -0.2) is 9.37 Å². The maximum atomic E-state index is 13.8. The number of nitrogens with two attached hydrogens (primary N) is 1. The van der Waals surface area contributed by atoms with Crippen molar-refractivity contribution in [2.24, 2.45) is 5.73 Å². The van der Waals surface area contributed by atoms with Gasteiger partial charge in [0, 0.05) is 23.0 Å². The molecule has 0 radical (unpaired) electrons. The Morgan fingerprint density at radius 1 is 1.33 bits per heavy atom. The van der Waals surface area contributed by atoms with E-state index in [1.807, 2.05) is 0 Å². The van der Waals surface area contributed by atoms with Crippen LogP contribution in [0.4, 0.5) is 4.39 Å². The van der Waals surface area contributed by atoms with Crippen molar-refractivity contribution in [3.63, 3.8) is 0 Å². The van der Waals surface area contributed by atoms with Gasteiger partial charge >= 0.3 is 0 Å². The Labute approximate surface area is 109 Å². The first-order valence-corrected chi connectivity index (χ1v) is 5.56. The van der Waals surface area contributed by atoms with E-state index in [4.69, 9.17) is 22.1 Å². The topological polar surface area (TPSA) is 61.0 Å². The molecule has 2 rings (SSSR count). The third-order valence-corrected chi connectivity index (χ3v) is 2.71. The molecule has 1 unspecified atom stereocenters. The molecule has 18 heavy (non-hydrogen) atoms. The van der Waals surface area contributed by atoms with E-state index in [9.17, 15) is 4.39 Å². The zero-order valence-electron chi connectivity index (χ0n) is 9.60. The highest BCUT2D eigenvalue weighted by molar-refractivity contribution is 6.30. The lowest BCUT2D eigenvalue weighted by atomic mass is 10.0. The zero-order valence-corrected chi connectivity index (χ0v) is 10.4. The molecule has 6 heteroatoms. The summed E-state index contributed by atoms with van der Waals surface area (Å²) in [4.78, 5) is 8.05. The van der Waals surface area contributed by atoms with E-state index in [0.717, 1.165) is 0 Å². The summed E-state index contributed by atoms with van der Waals surface area (Å²) in [6.07, 6.45) is 2.96. The molecule has 0 aliphatic rings. The molecule has 1 atom stereocenters. The van der Waals surface area contributed by atoms with Gasteiger partial charge in [0.1, 0.15) is 11.5 Å². The summed E-state index contributed by atoms with van der Waals surface area (Å²) in [7, 11) is 1.46. The second-order valence-corrected chi connectivity index (χ2v) is 4.03. The van der Waals surface area contributed by atoms with Crippen LogP contribution in [0.2, 0.25) is 5.02 Å². The first-order chi connectivity index (χ1) is 8.63. The van der Waals surface area contributed by atoms with Gasteiger partial charge in [-0.05, 0) is 12.1 Å². The molecule has 0 amide bonds. The third-order valence-electron chi connectivity index (χ3n) is 2.48. The van der Waals surface area contributed by atoms with E-state index in [-0.39, 0.29) is 5.88 Å². The molecule has 0 saturated carbocycles. The second kappa shape index (κ2) is 5.29. The number of aromatic nitrogens is 2. The lowest BCUT2D eigenvalue weighted by molar-refractivity contribution is 0.386. The first kappa shape index (κ1) is 12.7. The second-order valence-electron chi connectivity index (χ2n) is 3.59. The average Bonchev–Trinajstić information content (AvgIpc) is 2.38. The molecule has 4 nitrogen and oxygen atoms in total. The van der Waals surface area contributed by atoms with Crippen LogP contribution in [0.1, 0.15) is 17.3 Å². The van der Waals surface area contributed by atoms with Crippen LogP contribution in [-0.2, 0) is 0 Å². The predicted octanol–water partition coefficient (Wildman–Crippen LogP) is 2.33. The zero-order chi connectivity index (χ0) is 13.1. The van der Waals surface area contributed by atoms with E-state index >= 15 is 0 Å². The first-order valence-electron chi connectivity index (χ1n) is 5.19. The molecule has 2 aromatic rings. The van der Waals surface area contributed by atoms with Crippen molar-refractivity contribution >= 4 is 11.6 Å². The molecular weight excluding hydrogens is 257 g/mol. The summed E-state index contributed by atoms with van der Waals surface area (Å²) in [6.45, 7) is 0. The standard InChI is InChI=1S/C12H11ClFN3O/c1-18-12-11(16-4-5-17-12)10(15)8-3-2-7(13)6-9(8)14/h2-6,10H,15H2,1H3. The minimum Gasteiger partial charge on any atom is -0.480 e. The fourth-order valence-electron chi connectivity index (χ4n) is 1.61. The number of hydrogen-bond acceptors (Lipinski definition) is 4. The Hall–Kier alpha value is -1.72. The summed E-state index contributed by atoms with van der Waals surface area (Å²) in [6, 6.07) is 3.55. The van der Waals surface area contributed by atoms with Gasteiger partial charge in [-0.2, -0.15) is 0 Å².